The molecule has 0 saturated heterocycles. The minimum absolute atomic E-state index is 0.235. The first-order valence-electron chi connectivity index (χ1n) is 11.8. The van der Waals surface area contributed by atoms with Crippen LogP contribution < -0.4 is 15.7 Å². The summed E-state index contributed by atoms with van der Waals surface area (Å²) in [4.78, 5) is 36.2. The van der Waals surface area contributed by atoms with Crippen LogP contribution in [0, 0.1) is 0 Å². The van der Waals surface area contributed by atoms with E-state index in [0.717, 1.165) is 60.6 Å². The summed E-state index contributed by atoms with van der Waals surface area (Å²) in [5.74, 6) is 0.0362. The van der Waals surface area contributed by atoms with Crippen molar-refractivity contribution in [3.8, 4) is 5.75 Å². The fraction of sp³-hybridized carbons (Fsp3) is 0.370. The predicted molar refractivity (Wildman–Crippen MR) is 128 cm³/mol. The monoisotopic (exact) mass is 463 g/mol. The molecule has 0 spiro atoms. The number of unbranched alkanes of at least 4 members (excludes halogenated alkanes) is 2. The molecule has 1 aromatic heterocycles. The van der Waals surface area contributed by atoms with E-state index in [1.807, 2.05) is 36.4 Å². The number of aryl methyl sites for hydroxylation is 1. The van der Waals surface area contributed by atoms with Crippen molar-refractivity contribution in [2.24, 2.45) is 0 Å². The highest BCUT2D eigenvalue weighted by Crippen LogP contribution is 2.29. The van der Waals surface area contributed by atoms with Gasteiger partial charge in [0, 0.05) is 30.0 Å². The number of carbonyl (C=O) groups is 2. The van der Waals surface area contributed by atoms with Crippen LogP contribution >= 0.6 is 0 Å². The number of esters is 1. The number of amides is 1. The van der Waals surface area contributed by atoms with Gasteiger partial charge in [0.05, 0.1) is 0 Å². The zero-order valence-electron chi connectivity index (χ0n) is 19.1. The molecule has 2 aromatic carbocycles. The van der Waals surface area contributed by atoms with Gasteiger partial charge in [-0.15, -0.1) is 0 Å². The number of hydrogen-bond acceptors (Lipinski definition) is 6. The zero-order valence-corrected chi connectivity index (χ0v) is 19.1. The van der Waals surface area contributed by atoms with Crippen molar-refractivity contribution in [2.75, 3.05) is 6.54 Å². The molecule has 0 unspecified atom stereocenters. The van der Waals surface area contributed by atoms with Gasteiger partial charge in [-0.2, -0.15) is 0 Å². The molecule has 1 aliphatic carbocycles. The van der Waals surface area contributed by atoms with Crippen molar-refractivity contribution in [3.05, 3.63) is 75.6 Å². The number of alkyl carbamates (subject to hydrolysis) is 1. The predicted octanol–water partition coefficient (Wildman–Crippen LogP) is 5.06. The number of benzene rings is 2. The molecule has 34 heavy (non-hydrogen) atoms. The maximum absolute atomic E-state index is 12.3. The molecule has 1 amide bonds. The van der Waals surface area contributed by atoms with E-state index in [1.54, 1.807) is 12.1 Å². The first-order chi connectivity index (χ1) is 16.6. The molecule has 1 heterocycles. The fourth-order valence-corrected chi connectivity index (χ4v) is 4.21. The molecule has 0 aliphatic heterocycles. The van der Waals surface area contributed by atoms with E-state index >= 15 is 0 Å². The molecular formula is C27H29NO6. The SMILES string of the molecule is O=C(CCCCCNC(=O)OCc1ccccc1)Oc1ccc2c3c(c(=O)oc2c1)CCCC3. The third-order valence-corrected chi connectivity index (χ3v) is 5.97. The van der Waals surface area contributed by atoms with Gasteiger partial charge in [0.25, 0.3) is 0 Å². The van der Waals surface area contributed by atoms with Crippen LogP contribution in [-0.2, 0) is 29.0 Å². The summed E-state index contributed by atoms with van der Waals surface area (Å²) >= 11 is 0. The Kier molecular flexibility index (Phi) is 7.96. The molecule has 7 heteroatoms. The first kappa shape index (κ1) is 23.5. The van der Waals surface area contributed by atoms with Crippen LogP contribution in [0.25, 0.3) is 11.0 Å². The van der Waals surface area contributed by atoms with Crippen LogP contribution in [0.1, 0.15) is 55.2 Å². The molecule has 0 saturated carbocycles. The third kappa shape index (κ3) is 6.25. The number of hydrogen-bond donors (Lipinski definition) is 1. The van der Waals surface area contributed by atoms with E-state index in [-0.39, 0.29) is 24.6 Å². The van der Waals surface area contributed by atoms with E-state index in [0.29, 0.717) is 24.3 Å². The van der Waals surface area contributed by atoms with E-state index in [1.165, 1.54) is 0 Å². The molecular weight excluding hydrogens is 434 g/mol. The quantitative estimate of drug-likeness (QED) is 0.206. The molecule has 3 aromatic rings. The molecule has 178 valence electrons. The molecule has 0 bridgehead atoms. The zero-order chi connectivity index (χ0) is 23.8. The van der Waals surface area contributed by atoms with Gasteiger partial charge in [-0.25, -0.2) is 9.59 Å². The highest BCUT2D eigenvalue weighted by atomic mass is 16.5. The van der Waals surface area contributed by atoms with E-state index in [9.17, 15) is 14.4 Å². The standard InChI is InChI=1S/C27H29NO6/c29-25(13-5-2-8-16-28-27(31)32-18-19-9-3-1-4-10-19)33-20-14-15-22-21-11-6-7-12-23(21)26(30)34-24(22)17-20/h1,3-4,9-10,14-15,17H,2,5-8,11-13,16,18H2,(H,28,31). The average molecular weight is 464 g/mol. The summed E-state index contributed by atoms with van der Waals surface area (Å²) in [6.07, 6.45) is 5.67. The van der Waals surface area contributed by atoms with Crippen LogP contribution in [0.3, 0.4) is 0 Å². The van der Waals surface area contributed by atoms with Crippen molar-refractivity contribution >= 4 is 23.0 Å². The molecule has 1 N–H and O–H groups in total. The maximum atomic E-state index is 12.3. The first-order valence-corrected chi connectivity index (χ1v) is 11.8. The molecule has 0 atom stereocenters. The summed E-state index contributed by atoms with van der Waals surface area (Å²) in [5.41, 5.74) is 2.95. The largest absolute Gasteiger partial charge is 0.445 e. The molecule has 0 radical (unpaired) electrons. The van der Waals surface area contributed by atoms with Gasteiger partial charge in [-0.3, -0.25) is 4.79 Å². The van der Waals surface area contributed by atoms with Crippen LogP contribution in [-0.4, -0.2) is 18.6 Å². The summed E-state index contributed by atoms with van der Waals surface area (Å²) < 4.78 is 16.1. The minimum Gasteiger partial charge on any atom is -0.445 e. The van der Waals surface area contributed by atoms with Crippen molar-refractivity contribution in [1.29, 1.82) is 0 Å². The number of rotatable bonds is 9. The van der Waals surface area contributed by atoms with Gasteiger partial charge in [0.1, 0.15) is 17.9 Å². The number of carbonyl (C=O) groups excluding carboxylic acids is 2. The lowest BCUT2D eigenvalue weighted by atomic mass is 9.91. The lowest BCUT2D eigenvalue weighted by molar-refractivity contribution is -0.134. The van der Waals surface area contributed by atoms with Gasteiger partial charge in [-0.05, 0) is 61.8 Å². The van der Waals surface area contributed by atoms with Gasteiger partial charge >= 0.3 is 17.7 Å². The van der Waals surface area contributed by atoms with Crippen LogP contribution in [0.4, 0.5) is 4.79 Å². The molecule has 0 fully saturated rings. The maximum Gasteiger partial charge on any atom is 0.407 e. The van der Waals surface area contributed by atoms with Crippen molar-refractivity contribution in [1.82, 2.24) is 5.32 Å². The van der Waals surface area contributed by atoms with Gasteiger partial charge in [-0.1, -0.05) is 36.8 Å². The Labute approximate surface area is 198 Å². The van der Waals surface area contributed by atoms with Crippen LogP contribution in [0.5, 0.6) is 5.75 Å². The number of nitrogens with one attached hydrogen (secondary N) is 1. The summed E-state index contributed by atoms with van der Waals surface area (Å²) in [7, 11) is 0. The Morgan fingerprint density at radius 3 is 2.56 bits per heavy atom. The van der Waals surface area contributed by atoms with E-state index in [2.05, 4.69) is 5.32 Å². The lowest BCUT2D eigenvalue weighted by Gasteiger charge is -2.16. The normalized spacial score (nSPS) is 12.7. The third-order valence-electron chi connectivity index (χ3n) is 5.97. The summed E-state index contributed by atoms with van der Waals surface area (Å²) in [6.45, 7) is 0.718. The molecule has 7 nitrogen and oxygen atoms in total. The Hall–Kier alpha value is -3.61. The highest BCUT2D eigenvalue weighted by Gasteiger charge is 2.18. The summed E-state index contributed by atoms with van der Waals surface area (Å²) in [5, 5.41) is 3.63. The van der Waals surface area contributed by atoms with Crippen LogP contribution in [0.2, 0.25) is 0 Å². The second-order valence-electron chi connectivity index (χ2n) is 8.48. The van der Waals surface area contributed by atoms with Gasteiger partial charge in [0.15, 0.2) is 0 Å². The van der Waals surface area contributed by atoms with Crippen molar-refractivity contribution in [2.45, 2.75) is 58.0 Å². The number of fused-ring (bicyclic) bond motifs is 3. The second-order valence-corrected chi connectivity index (χ2v) is 8.48. The van der Waals surface area contributed by atoms with Gasteiger partial charge < -0.3 is 19.2 Å². The highest BCUT2D eigenvalue weighted by molar-refractivity contribution is 5.84. The average Bonchev–Trinajstić information content (AvgIpc) is 2.85. The topological polar surface area (TPSA) is 94.8 Å². The fourth-order valence-electron chi connectivity index (χ4n) is 4.21. The Bertz CT molecular complexity index is 1200. The van der Waals surface area contributed by atoms with Gasteiger partial charge in [0.2, 0.25) is 0 Å². The second kappa shape index (κ2) is 11.5. The molecule has 1 aliphatic rings. The van der Waals surface area contributed by atoms with Crippen LogP contribution in [0.15, 0.2) is 57.7 Å². The molecule has 4 rings (SSSR count). The minimum atomic E-state index is -0.451. The van der Waals surface area contributed by atoms with E-state index in [4.69, 9.17) is 13.9 Å². The lowest BCUT2D eigenvalue weighted by Crippen LogP contribution is -2.25. The van der Waals surface area contributed by atoms with Crippen molar-refractivity contribution in [3.63, 3.8) is 0 Å². The Morgan fingerprint density at radius 1 is 0.941 bits per heavy atom. The smallest absolute Gasteiger partial charge is 0.407 e. The van der Waals surface area contributed by atoms with Crippen molar-refractivity contribution < 1.29 is 23.5 Å². The number of ether oxygens (including phenoxy) is 2. The Morgan fingerprint density at radius 2 is 1.74 bits per heavy atom. The van der Waals surface area contributed by atoms with E-state index < -0.39 is 6.09 Å². The Balaban J connectivity index is 1.16. The summed E-state index contributed by atoms with van der Waals surface area (Å²) in [6, 6.07) is 14.7.